The highest BCUT2D eigenvalue weighted by Crippen LogP contribution is 2.28. The normalized spacial score (nSPS) is 26.9. The molecular weight excluding hydrogens is 220 g/mol. The van der Waals surface area contributed by atoms with Crippen LogP contribution in [0.1, 0.15) is 39.5 Å². The maximum absolute atomic E-state index is 12.2. The first kappa shape index (κ1) is 12.1. The molecule has 5 heteroatoms. The maximum Gasteiger partial charge on any atom is 0.331 e. The Morgan fingerprint density at radius 1 is 1.18 bits per heavy atom. The van der Waals surface area contributed by atoms with Gasteiger partial charge in [0.25, 0.3) is 0 Å². The second-order valence-electron chi connectivity index (χ2n) is 5.16. The van der Waals surface area contributed by atoms with E-state index in [1.54, 1.807) is 0 Å². The van der Waals surface area contributed by atoms with Crippen LogP contribution in [0.4, 0.5) is 4.79 Å². The van der Waals surface area contributed by atoms with E-state index in [4.69, 9.17) is 0 Å². The summed E-state index contributed by atoms with van der Waals surface area (Å²) in [6.07, 6.45) is 3.81. The molecule has 2 rings (SSSR count). The molecule has 2 fully saturated rings. The van der Waals surface area contributed by atoms with Gasteiger partial charge in [-0.05, 0) is 18.8 Å². The quantitative estimate of drug-likeness (QED) is 0.737. The van der Waals surface area contributed by atoms with Crippen molar-refractivity contribution in [2.75, 3.05) is 0 Å². The molecular formula is C12H18N2O3. The number of nitrogens with one attached hydrogen (secondary N) is 1. The van der Waals surface area contributed by atoms with Crippen LogP contribution in [0.5, 0.6) is 0 Å². The Kier molecular flexibility index (Phi) is 3.17. The number of urea groups is 1. The predicted octanol–water partition coefficient (Wildman–Crippen LogP) is 1.28. The predicted molar refractivity (Wildman–Crippen MR) is 61.0 cm³/mol. The van der Waals surface area contributed by atoms with Crippen molar-refractivity contribution in [3.8, 4) is 0 Å². The van der Waals surface area contributed by atoms with Gasteiger partial charge < -0.3 is 0 Å². The number of carbonyl (C=O) groups excluding carboxylic acids is 3. The molecule has 4 amide bonds. The topological polar surface area (TPSA) is 66.5 Å². The summed E-state index contributed by atoms with van der Waals surface area (Å²) in [5, 5.41) is 2.30. The lowest BCUT2D eigenvalue weighted by Crippen LogP contribution is -2.61. The molecule has 1 unspecified atom stereocenters. The van der Waals surface area contributed by atoms with E-state index in [-0.39, 0.29) is 17.9 Å². The SMILES string of the molecule is CC(C)C1C(=O)NC(=O)N(C2CCCC2)C1=O. The monoisotopic (exact) mass is 238 g/mol. The van der Waals surface area contributed by atoms with E-state index in [9.17, 15) is 14.4 Å². The van der Waals surface area contributed by atoms with E-state index in [0.717, 1.165) is 25.7 Å². The zero-order valence-corrected chi connectivity index (χ0v) is 10.2. The van der Waals surface area contributed by atoms with Crippen molar-refractivity contribution in [1.82, 2.24) is 10.2 Å². The van der Waals surface area contributed by atoms with Crippen LogP contribution in [0.3, 0.4) is 0 Å². The fourth-order valence-corrected chi connectivity index (χ4v) is 2.70. The molecule has 0 aromatic heterocycles. The van der Waals surface area contributed by atoms with Crippen molar-refractivity contribution in [3.05, 3.63) is 0 Å². The average molecular weight is 238 g/mol. The second kappa shape index (κ2) is 4.47. The summed E-state index contributed by atoms with van der Waals surface area (Å²) in [6.45, 7) is 3.65. The third-order valence-corrected chi connectivity index (χ3v) is 3.59. The standard InChI is InChI=1S/C12H18N2O3/c1-7(2)9-10(15)13-12(17)14(11(9)16)8-5-3-4-6-8/h7-9H,3-6H2,1-2H3,(H,13,15,17). The van der Waals surface area contributed by atoms with Crippen molar-refractivity contribution in [2.24, 2.45) is 11.8 Å². The number of hydrogen-bond acceptors (Lipinski definition) is 3. The van der Waals surface area contributed by atoms with Crippen molar-refractivity contribution in [2.45, 2.75) is 45.6 Å². The van der Waals surface area contributed by atoms with Crippen LogP contribution in [0.2, 0.25) is 0 Å². The molecule has 2 aliphatic rings. The molecule has 94 valence electrons. The maximum atomic E-state index is 12.2. The summed E-state index contributed by atoms with van der Waals surface area (Å²) in [5.41, 5.74) is 0. The van der Waals surface area contributed by atoms with Crippen molar-refractivity contribution >= 4 is 17.8 Å². The Hall–Kier alpha value is -1.39. The minimum Gasteiger partial charge on any atom is -0.277 e. The van der Waals surface area contributed by atoms with Crippen LogP contribution < -0.4 is 5.32 Å². The first-order valence-corrected chi connectivity index (χ1v) is 6.20. The van der Waals surface area contributed by atoms with E-state index >= 15 is 0 Å². The van der Waals surface area contributed by atoms with Gasteiger partial charge in [-0.25, -0.2) is 4.79 Å². The molecule has 5 nitrogen and oxygen atoms in total. The summed E-state index contributed by atoms with van der Waals surface area (Å²) >= 11 is 0. The second-order valence-corrected chi connectivity index (χ2v) is 5.16. The Morgan fingerprint density at radius 2 is 1.76 bits per heavy atom. The van der Waals surface area contributed by atoms with Crippen LogP contribution in [0, 0.1) is 11.8 Å². The van der Waals surface area contributed by atoms with Crippen LogP contribution in [0.15, 0.2) is 0 Å². The zero-order chi connectivity index (χ0) is 12.6. The molecule has 1 aliphatic carbocycles. The van der Waals surface area contributed by atoms with Gasteiger partial charge in [-0.2, -0.15) is 0 Å². The lowest BCUT2D eigenvalue weighted by Gasteiger charge is -2.35. The molecule has 0 aromatic carbocycles. The number of rotatable bonds is 2. The molecule has 1 atom stereocenters. The van der Waals surface area contributed by atoms with Gasteiger partial charge in [-0.3, -0.25) is 19.8 Å². The molecule has 1 saturated carbocycles. The molecule has 0 radical (unpaired) electrons. The fourth-order valence-electron chi connectivity index (χ4n) is 2.70. The van der Waals surface area contributed by atoms with Crippen LogP contribution in [-0.2, 0) is 9.59 Å². The Labute approximate surface area is 101 Å². The van der Waals surface area contributed by atoms with E-state index in [1.165, 1.54) is 4.90 Å². The molecule has 1 N–H and O–H groups in total. The molecule has 1 saturated heterocycles. The minimum atomic E-state index is -0.715. The molecule has 1 aliphatic heterocycles. The van der Waals surface area contributed by atoms with E-state index < -0.39 is 17.9 Å². The lowest BCUT2D eigenvalue weighted by molar-refractivity contribution is -0.145. The summed E-state index contributed by atoms with van der Waals surface area (Å²) < 4.78 is 0. The molecule has 0 aromatic rings. The largest absolute Gasteiger partial charge is 0.331 e. The van der Waals surface area contributed by atoms with Gasteiger partial charge in [0.2, 0.25) is 11.8 Å². The highest BCUT2D eigenvalue weighted by Gasteiger charge is 2.45. The Morgan fingerprint density at radius 3 is 2.29 bits per heavy atom. The van der Waals surface area contributed by atoms with Gasteiger partial charge >= 0.3 is 6.03 Å². The van der Waals surface area contributed by atoms with Crippen molar-refractivity contribution in [3.63, 3.8) is 0 Å². The highest BCUT2D eigenvalue weighted by molar-refractivity contribution is 6.16. The first-order valence-electron chi connectivity index (χ1n) is 6.20. The average Bonchev–Trinajstić information content (AvgIpc) is 2.69. The van der Waals surface area contributed by atoms with Gasteiger partial charge in [0.15, 0.2) is 0 Å². The smallest absolute Gasteiger partial charge is 0.277 e. The van der Waals surface area contributed by atoms with Crippen LogP contribution in [0.25, 0.3) is 0 Å². The van der Waals surface area contributed by atoms with E-state index in [2.05, 4.69) is 5.32 Å². The van der Waals surface area contributed by atoms with E-state index in [1.807, 2.05) is 13.8 Å². The van der Waals surface area contributed by atoms with Crippen molar-refractivity contribution in [1.29, 1.82) is 0 Å². The number of imide groups is 2. The summed E-state index contributed by atoms with van der Waals surface area (Å²) in [4.78, 5) is 36.9. The number of nitrogens with zero attached hydrogens (tertiary/aromatic N) is 1. The number of barbiturate groups is 1. The minimum absolute atomic E-state index is 0.0168. The molecule has 1 heterocycles. The first-order chi connectivity index (χ1) is 8.02. The molecule has 0 bridgehead atoms. The number of hydrogen-bond donors (Lipinski definition) is 1. The van der Waals surface area contributed by atoms with Crippen LogP contribution >= 0.6 is 0 Å². The highest BCUT2D eigenvalue weighted by atomic mass is 16.2. The summed E-state index contributed by atoms with van der Waals surface area (Å²) in [5.74, 6) is -1.57. The zero-order valence-electron chi connectivity index (χ0n) is 10.2. The lowest BCUT2D eigenvalue weighted by atomic mass is 9.91. The van der Waals surface area contributed by atoms with Gasteiger partial charge in [0, 0.05) is 6.04 Å². The van der Waals surface area contributed by atoms with Gasteiger partial charge in [-0.15, -0.1) is 0 Å². The van der Waals surface area contributed by atoms with Gasteiger partial charge in [-0.1, -0.05) is 26.7 Å². The fraction of sp³-hybridized carbons (Fsp3) is 0.750. The number of amides is 4. The van der Waals surface area contributed by atoms with Gasteiger partial charge in [0.05, 0.1) is 0 Å². The molecule has 17 heavy (non-hydrogen) atoms. The third-order valence-electron chi connectivity index (χ3n) is 3.59. The van der Waals surface area contributed by atoms with Gasteiger partial charge in [0.1, 0.15) is 5.92 Å². The third kappa shape index (κ3) is 2.06. The number of carbonyl (C=O) groups is 3. The Bertz CT molecular complexity index is 359. The summed E-state index contributed by atoms with van der Waals surface area (Å²) in [6, 6.07) is -0.555. The van der Waals surface area contributed by atoms with E-state index in [0.29, 0.717) is 0 Å². The molecule has 0 spiro atoms. The Balaban J connectivity index is 2.22. The summed E-state index contributed by atoms with van der Waals surface area (Å²) in [7, 11) is 0. The van der Waals surface area contributed by atoms with Crippen LogP contribution in [-0.4, -0.2) is 28.8 Å². The van der Waals surface area contributed by atoms with Crippen molar-refractivity contribution < 1.29 is 14.4 Å².